The quantitative estimate of drug-likeness (QED) is 0.845. The maximum atomic E-state index is 12.6. The summed E-state index contributed by atoms with van der Waals surface area (Å²) in [5.41, 5.74) is 2.55. The zero-order valence-corrected chi connectivity index (χ0v) is 11.1. The van der Waals surface area contributed by atoms with Gasteiger partial charge in [-0.1, -0.05) is 13.0 Å². The number of halogens is 1. The van der Waals surface area contributed by atoms with E-state index in [0.29, 0.717) is 23.5 Å². The van der Waals surface area contributed by atoms with Crippen molar-refractivity contribution in [2.45, 2.75) is 49.0 Å². The van der Waals surface area contributed by atoms with E-state index >= 15 is 0 Å². The lowest BCUT2D eigenvalue weighted by atomic mass is 9.64. The van der Waals surface area contributed by atoms with Crippen LogP contribution in [-0.2, 0) is 16.6 Å². The van der Waals surface area contributed by atoms with Crippen LogP contribution in [0, 0.1) is 0 Å². The summed E-state index contributed by atoms with van der Waals surface area (Å²) in [6, 6.07) is 6.07. The number of piperidine rings is 1. The third-order valence-electron chi connectivity index (χ3n) is 4.46. The molecule has 0 spiro atoms. The fourth-order valence-corrected chi connectivity index (χ4v) is 3.67. The summed E-state index contributed by atoms with van der Waals surface area (Å²) in [7, 11) is 0. The SMILES string of the molecule is CC12CCC(=O)NC1CCc1cc(SF)ccc12. The number of carbonyl (C=O) groups excluding carboxylic acids is 1. The molecule has 2 unspecified atom stereocenters. The van der Waals surface area contributed by atoms with Crippen LogP contribution in [0.5, 0.6) is 0 Å². The molecule has 0 saturated carbocycles. The number of aryl methyl sites for hydroxylation is 1. The topological polar surface area (TPSA) is 29.1 Å². The number of carbonyl (C=O) groups is 1. The third-order valence-corrected chi connectivity index (χ3v) is 4.89. The Morgan fingerprint density at radius 2 is 2.28 bits per heavy atom. The van der Waals surface area contributed by atoms with Crippen molar-refractivity contribution in [2.75, 3.05) is 0 Å². The van der Waals surface area contributed by atoms with Gasteiger partial charge in [0.1, 0.15) is 0 Å². The highest BCUT2D eigenvalue weighted by Crippen LogP contribution is 2.43. The first kappa shape index (κ1) is 12.0. The normalized spacial score (nSPS) is 30.3. The molecule has 0 aromatic heterocycles. The molecular formula is C14H16FNOS. The summed E-state index contributed by atoms with van der Waals surface area (Å²) < 4.78 is 12.6. The standard InChI is InChI=1S/C14H16FNOS/c1-14-7-6-13(17)16-12(14)5-2-9-8-10(18-15)3-4-11(9)14/h3-4,8,12H,2,5-7H2,1H3,(H,16,17). The van der Waals surface area contributed by atoms with Gasteiger partial charge in [-0.2, -0.15) is 3.89 Å². The molecule has 1 fully saturated rings. The van der Waals surface area contributed by atoms with Gasteiger partial charge in [-0.05, 0) is 42.5 Å². The van der Waals surface area contributed by atoms with Gasteiger partial charge in [-0.25, -0.2) is 0 Å². The van der Waals surface area contributed by atoms with Gasteiger partial charge in [-0.15, -0.1) is 0 Å². The van der Waals surface area contributed by atoms with Crippen molar-refractivity contribution in [3.05, 3.63) is 29.3 Å². The number of amides is 1. The van der Waals surface area contributed by atoms with Gasteiger partial charge in [0.15, 0.2) is 0 Å². The minimum Gasteiger partial charge on any atom is -0.352 e. The first-order valence-corrected chi connectivity index (χ1v) is 7.06. The van der Waals surface area contributed by atoms with Crippen molar-refractivity contribution in [3.63, 3.8) is 0 Å². The zero-order chi connectivity index (χ0) is 12.8. The fraction of sp³-hybridized carbons (Fsp3) is 0.500. The first-order valence-electron chi connectivity index (χ1n) is 6.35. The summed E-state index contributed by atoms with van der Waals surface area (Å²) in [4.78, 5) is 12.2. The molecular weight excluding hydrogens is 249 g/mol. The Hall–Kier alpha value is -1.03. The number of benzene rings is 1. The fourth-order valence-electron chi connectivity index (χ4n) is 3.37. The highest BCUT2D eigenvalue weighted by atomic mass is 32.2. The summed E-state index contributed by atoms with van der Waals surface area (Å²) >= 11 is 0.301. The number of rotatable bonds is 1. The van der Waals surface area contributed by atoms with Crippen LogP contribution in [0.3, 0.4) is 0 Å². The molecule has 0 radical (unpaired) electrons. The molecule has 1 aliphatic heterocycles. The molecule has 0 bridgehead atoms. The number of fused-ring (bicyclic) bond motifs is 3. The van der Waals surface area contributed by atoms with Crippen molar-refractivity contribution in [1.29, 1.82) is 0 Å². The van der Waals surface area contributed by atoms with E-state index in [9.17, 15) is 8.68 Å². The van der Waals surface area contributed by atoms with Crippen LogP contribution >= 0.6 is 12.1 Å². The monoisotopic (exact) mass is 265 g/mol. The van der Waals surface area contributed by atoms with Crippen molar-refractivity contribution in [1.82, 2.24) is 5.32 Å². The van der Waals surface area contributed by atoms with Crippen LogP contribution in [-0.4, -0.2) is 11.9 Å². The number of nitrogens with one attached hydrogen (secondary N) is 1. The van der Waals surface area contributed by atoms with Gasteiger partial charge >= 0.3 is 0 Å². The average Bonchev–Trinajstić information content (AvgIpc) is 2.39. The van der Waals surface area contributed by atoms with E-state index in [1.165, 1.54) is 11.1 Å². The van der Waals surface area contributed by atoms with Crippen molar-refractivity contribution < 1.29 is 8.68 Å². The Balaban J connectivity index is 2.03. The molecule has 1 saturated heterocycles. The van der Waals surface area contributed by atoms with E-state index in [1.807, 2.05) is 18.2 Å². The molecule has 1 amide bonds. The first-order chi connectivity index (χ1) is 8.63. The van der Waals surface area contributed by atoms with E-state index in [0.717, 1.165) is 19.3 Å². The van der Waals surface area contributed by atoms with Gasteiger partial charge in [0.2, 0.25) is 5.91 Å². The molecule has 18 heavy (non-hydrogen) atoms. The van der Waals surface area contributed by atoms with Crippen LogP contribution < -0.4 is 5.32 Å². The van der Waals surface area contributed by atoms with Crippen molar-refractivity contribution in [2.24, 2.45) is 0 Å². The Kier molecular flexibility index (Phi) is 2.85. The molecule has 96 valence electrons. The average molecular weight is 265 g/mol. The van der Waals surface area contributed by atoms with Gasteiger partial charge in [-0.3, -0.25) is 4.79 Å². The van der Waals surface area contributed by atoms with Crippen LogP contribution in [0.15, 0.2) is 23.1 Å². The minimum absolute atomic E-state index is 0.0149. The van der Waals surface area contributed by atoms with Crippen LogP contribution in [0.25, 0.3) is 0 Å². The van der Waals surface area contributed by atoms with E-state index in [1.54, 1.807) is 0 Å². The van der Waals surface area contributed by atoms with Crippen LogP contribution in [0.2, 0.25) is 0 Å². The largest absolute Gasteiger partial charge is 0.352 e. The van der Waals surface area contributed by atoms with E-state index in [4.69, 9.17) is 0 Å². The van der Waals surface area contributed by atoms with Gasteiger partial charge in [0.05, 0.1) is 12.1 Å². The second-order valence-electron chi connectivity index (χ2n) is 5.47. The Labute approximate surface area is 111 Å². The molecule has 1 aliphatic carbocycles. The van der Waals surface area contributed by atoms with Crippen LogP contribution in [0.4, 0.5) is 3.89 Å². The third kappa shape index (κ3) is 1.74. The molecule has 4 heteroatoms. The zero-order valence-electron chi connectivity index (χ0n) is 10.3. The molecule has 1 aromatic rings. The van der Waals surface area contributed by atoms with Gasteiger partial charge < -0.3 is 5.32 Å². The van der Waals surface area contributed by atoms with Gasteiger partial charge in [0.25, 0.3) is 0 Å². The number of hydrogen-bond acceptors (Lipinski definition) is 2. The van der Waals surface area contributed by atoms with Gasteiger partial charge in [0, 0.05) is 22.8 Å². The van der Waals surface area contributed by atoms with Crippen molar-refractivity contribution >= 4 is 18.1 Å². The summed E-state index contributed by atoms with van der Waals surface area (Å²) in [5, 5.41) is 3.11. The maximum absolute atomic E-state index is 12.6. The molecule has 2 atom stereocenters. The Bertz CT molecular complexity index is 505. The molecule has 2 aliphatic rings. The molecule has 1 aromatic carbocycles. The smallest absolute Gasteiger partial charge is 0.220 e. The maximum Gasteiger partial charge on any atom is 0.220 e. The summed E-state index contributed by atoms with van der Waals surface area (Å²) in [5.74, 6) is 0.164. The lowest BCUT2D eigenvalue weighted by Gasteiger charge is -2.46. The van der Waals surface area contributed by atoms with Crippen molar-refractivity contribution in [3.8, 4) is 0 Å². The molecule has 1 heterocycles. The molecule has 1 N–H and O–H groups in total. The lowest BCUT2D eigenvalue weighted by Crippen LogP contribution is -2.55. The number of hydrogen-bond donors (Lipinski definition) is 1. The highest BCUT2D eigenvalue weighted by molar-refractivity contribution is 7.94. The van der Waals surface area contributed by atoms with E-state index in [2.05, 4.69) is 12.2 Å². The Morgan fingerprint density at radius 3 is 3.06 bits per heavy atom. The van der Waals surface area contributed by atoms with E-state index < -0.39 is 0 Å². The lowest BCUT2D eigenvalue weighted by molar-refractivity contribution is -0.125. The highest BCUT2D eigenvalue weighted by Gasteiger charge is 2.43. The predicted octanol–water partition coefficient (Wildman–Crippen LogP) is 3.15. The Morgan fingerprint density at radius 1 is 1.44 bits per heavy atom. The minimum atomic E-state index is 0.0149. The second-order valence-corrected chi connectivity index (χ2v) is 6.10. The van der Waals surface area contributed by atoms with Crippen LogP contribution in [0.1, 0.15) is 37.3 Å². The summed E-state index contributed by atoms with van der Waals surface area (Å²) in [6.07, 6.45) is 3.35. The molecule has 2 nitrogen and oxygen atoms in total. The molecule has 3 rings (SSSR count). The van der Waals surface area contributed by atoms with E-state index in [-0.39, 0.29) is 17.4 Å². The summed E-state index contributed by atoms with van der Waals surface area (Å²) in [6.45, 7) is 2.22. The predicted molar refractivity (Wildman–Crippen MR) is 70.2 cm³/mol. The second kappa shape index (κ2) is 4.26.